The fraction of sp³-hybridized carbons (Fsp3) is 0.529. The summed E-state index contributed by atoms with van der Waals surface area (Å²) in [5.74, 6) is -0.311. The highest BCUT2D eigenvalue weighted by Crippen LogP contribution is 2.22. The monoisotopic (exact) mass is 304 g/mol. The van der Waals surface area contributed by atoms with E-state index in [1.165, 1.54) is 10.5 Å². The maximum atomic E-state index is 12.2. The van der Waals surface area contributed by atoms with Gasteiger partial charge in [-0.3, -0.25) is 9.59 Å². The molecule has 0 bridgehead atoms. The molecule has 0 saturated carbocycles. The fourth-order valence-electron chi connectivity index (χ4n) is 2.87. The average molecular weight is 304 g/mol. The molecule has 120 valence electrons. The molecule has 1 saturated heterocycles. The van der Waals surface area contributed by atoms with Gasteiger partial charge >= 0.3 is 0 Å². The second-order valence-electron chi connectivity index (χ2n) is 6.02. The number of rotatable bonds is 4. The van der Waals surface area contributed by atoms with Crippen LogP contribution in [0.5, 0.6) is 0 Å². The Morgan fingerprint density at radius 3 is 2.45 bits per heavy atom. The maximum Gasteiger partial charge on any atom is 0.251 e. The summed E-state index contributed by atoms with van der Waals surface area (Å²) >= 11 is 0. The van der Waals surface area contributed by atoms with E-state index in [0.717, 1.165) is 29.7 Å². The smallest absolute Gasteiger partial charge is 0.251 e. The molecule has 22 heavy (non-hydrogen) atoms. The van der Waals surface area contributed by atoms with Crippen LogP contribution in [0.1, 0.15) is 29.5 Å². The van der Waals surface area contributed by atoms with Crippen LogP contribution in [-0.4, -0.2) is 43.0 Å². The number of amides is 2. The van der Waals surface area contributed by atoms with E-state index in [4.69, 9.17) is 4.74 Å². The first-order valence-corrected chi connectivity index (χ1v) is 7.62. The molecule has 2 rings (SSSR count). The van der Waals surface area contributed by atoms with E-state index in [2.05, 4.69) is 5.32 Å². The summed E-state index contributed by atoms with van der Waals surface area (Å²) in [5, 5.41) is 2.91. The van der Waals surface area contributed by atoms with Crippen molar-refractivity contribution in [3.05, 3.63) is 28.8 Å². The summed E-state index contributed by atoms with van der Waals surface area (Å²) in [6, 6.07) is 4.06. The van der Waals surface area contributed by atoms with Crippen LogP contribution >= 0.6 is 0 Å². The quantitative estimate of drug-likeness (QED) is 0.927. The van der Waals surface area contributed by atoms with Gasteiger partial charge in [-0.1, -0.05) is 17.7 Å². The lowest BCUT2D eigenvalue weighted by Gasteiger charge is -2.21. The van der Waals surface area contributed by atoms with Gasteiger partial charge in [0.05, 0.1) is 6.54 Å². The van der Waals surface area contributed by atoms with Crippen molar-refractivity contribution in [2.75, 3.05) is 25.5 Å². The molecular weight excluding hydrogens is 280 g/mol. The van der Waals surface area contributed by atoms with Crippen LogP contribution in [0.15, 0.2) is 12.1 Å². The van der Waals surface area contributed by atoms with Gasteiger partial charge in [0.25, 0.3) is 5.91 Å². The number of nitrogens with one attached hydrogen (secondary N) is 1. The predicted octanol–water partition coefficient (Wildman–Crippen LogP) is 2.19. The minimum atomic E-state index is -0.388. The molecule has 1 N–H and O–H groups in total. The third-order valence-electron chi connectivity index (χ3n) is 3.90. The first-order valence-electron chi connectivity index (χ1n) is 7.62. The standard InChI is InChI=1S/C17H24N2O3/c1-11-8-12(2)16(13(3)9-11)18-15(20)10-19(4)17(21)14-6-5-7-22-14/h8-9,14H,5-7,10H2,1-4H3,(H,18,20). The van der Waals surface area contributed by atoms with E-state index < -0.39 is 0 Å². The van der Waals surface area contributed by atoms with Gasteiger partial charge in [0.15, 0.2) is 0 Å². The van der Waals surface area contributed by atoms with Gasteiger partial charge in [-0.25, -0.2) is 0 Å². The van der Waals surface area contributed by atoms with Crippen LogP contribution in [0.3, 0.4) is 0 Å². The van der Waals surface area contributed by atoms with E-state index in [-0.39, 0.29) is 24.5 Å². The molecule has 1 atom stereocenters. The van der Waals surface area contributed by atoms with Crippen molar-refractivity contribution < 1.29 is 14.3 Å². The number of carbonyl (C=O) groups is 2. The number of benzene rings is 1. The highest BCUT2D eigenvalue weighted by molar-refractivity contribution is 5.96. The highest BCUT2D eigenvalue weighted by Gasteiger charge is 2.27. The third kappa shape index (κ3) is 3.85. The largest absolute Gasteiger partial charge is 0.368 e. The zero-order chi connectivity index (χ0) is 16.3. The number of nitrogens with zero attached hydrogens (tertiary/aromatic N) is 1. The highest BCUT2D eigenvalue weighted by atomic mass is 16.5. The summed E-state index contributed by atoms with van der Waals surface area (Å²) < 4.78 is 5.36. The van der Waals surface area contributed by atoms with Crippen LogP contribution in [0.25, 0.3) is 0 Å². The Morgan fingerprint density at radius 1 is 1.27 bits per heavy atom. The molecule has 5 heteroatoms. The Kier molecular flexibility index (Phi) is 5.19. The van der Waals surface area contributed by atoms with Gasteiger partial charge in [-0.2, -0.15) is 0 Å². The molecule has 2 amide bonds. The molecule has 1 unspecified atom stereocenters. The Morgan fingerprint density at radius 2 is 1.91 bits per heavy atom. The zero-order valence-electron chi connectivity index (χ0n) is 13.7. The number of hydrogen-bond acceptors (Lipinski definition) is 3. The molecule has 1 aromatic carbocycles. The summed E-state index contributed by atoms with van der Waals surface area (Å²) in [7, 11) is 1.64. The van der Waals surface area contributed by atoms with E-state index in [9.17, 15) is 9.59 Å². The summed E-state index contributed by atoms with van der Waals surface area (Å²) in [6.07, 6.45) is 1.25. The molecule has 5 nitrogen and oxygen atoms in total. The van der Waals surface area contributed by atoms with Crippen LogP contribution in [0, 0.1) is 20.8 Å². The van der Waals surface area contributed by atoms with Crippen molar-refractivity contribution in [3.63, 3.8) is 0 Å². The van der Waals surface area contributed by atoms with E-state index >= 15 is 0 Å². The third-order valence-corrected chi connectivity index (χ3v) is 3.90. The van der Waals surface area contributed by atoms with Crippen LogP contribution in [-0.2, 0) is 14.3 Å². The lowest BCUT2D eigenvalue weighted by atomic mass is 10.1. The van der Waals surface area contributed by atoms with E-state index in [0.29, 0.717) is 6.61 Å². The Balaban J connectivity index is 1.96. The minimum Gasteiger partial charge on any atom is -0.368 e. The van der Waals surface area contributed by atoms with Crippen LogP contribution in [0.2, 0.25) is 0 Å². The van der Waals surface area contributed by atoms with Crippen molar-refractivity contribution in [2.45, 2.75) is 39.7 Å². The second-order valence-corrected chi connectivity index (χ2v) is 6.02. The van der Waals surface area contributed by atoms with Crippen molar-refractivity contribution >= 4 is 17.5 Å². The lowest BCUT2D eigenvalue weighted by molar-refractivity contribution is -0.141. The summed E-state index contributed by atoms with van der Waals surface area (Å²) in [4.78, 5) is 25.8. The first-order chi connectivity index (χ1) is 10.4. The topological polar surface area (TPSA) is 58.6 Å². The molecule has 1 fully saturated rings. The maximum absolute atomic E-state index is 12.2. The number of hydrogen-bond donors (Lipinski definition) is 1. The summed E-state index contributed by atoms with van der Waals surface area (Å²) in [6.45, 7) is 6.62. The van der Waals surface area contributed by atoms with Crippen molar-refractivity contribution in [1.29, 1.82) is 0 Å². The van der Waals surface area contributed by atoms with Crippen LogP contribution in [0.4, 0.5) is 5.69 Å². The zero-order valence-corrected chi connectivity index (χ0v) is 13.7. The van der Waals surface area contributed by atoms with Gasteiger partial charge in [-0.15, -0.1) is 0 Å². The molecule has 1 aromatic rings. The van der Waals surface area contributed by atoms with Crippen LogP contribution < -0.4 is 5.32 Å². The van der Waals surface area contributed by atoms with E-state index in [1.54, 1.807) is 7.05 Å². The Hall–Kier alpha value is -1.88. The predicted molar refractivity (Wildman–Crippen MR) is 85.9 cm³/mol. The van der Waals surface area contributed by atoms with Gasteiger partial charge in [-0.05, 0) is 44.7 Å². The molecular formula is C17H24N2O3. The summed E-state index contributed by atoms with van der Waals surface area (Å²) in [5.41, 5.74) is 4.05. The van der Waals surface area contributed by atoms with Gasteiger partial charge < -0.3 is 15.0 Å². The van der Waals surface area contributed by atoms with Crippen molar-refractivity contribution in [2.24, 2.45) is 0 Å². The normalized spacial score (nSPS) is 17.4. The molecule has 0 aliphatic carbocycles. The molecule has 0 aromatic heterocycles. The number of anilines is 1. The molecule has 1 aliphatic heterocycles. The van der Waals surface area contributed by atoms with Crippen molar-refractivity contribution in [1.82, 2.24) is 4.90 Å². The Bertz CT molecular complexity index is 554. The average Bonchev–Trinajstić information content (AvgIpc) is 2.95. The number of aryl methyl sites for hydroxylation is 3. The lowest BCUT2D eigenvalue weighted by Crippen LogP contribution is -2.40. The number of carbonyl (C=O) groups excluding carboxylic acids is 2. The number of likely N-dealkylation sites (N-methyl/N-ethyl adjacent to an activating group) is 1. The molecule has 1 aliphatic rings. The fourth-order valence-corrected chi connectivity index (χ4v) is 2.87. The SMILES string of the molecule is Cc1cc(C)c(NC(=O)CN(C)C(=O)C2CCCO2)c(C)c1. The first kappa shape index (κ1) is 16.5. The van der Waals surface area contributed by atoms with Gasteiger partial charge in [0.2, 0.25) is 5.91 Å². The second kappa shape index (κ2) is 6.92. The molecule has 0 radical (unpaired) electrons. The Labute approximate surface area is 131 Å². The number of ether oxygens (including phenoxy) is 1. The minimum absolute atomic E-state index is 0.0332. The van der Waals surface area contributed by atoms with Crippen molar-refractivity contribution in [3.8, 4) is 0 Å². The van der Waals surface area contributed by atoms with E-state index in [1.807, 2.05) is 32.9 Å². The molecule has 0 spiro atoms. The molecule has 1 heterocycles. The van der Waals surface area contributed by atoms with Gasteiger partial charge in [0.1, 0.15) is 6.10 Å². The van der Waals surface area contributed by atoms with Gasteiger partial charge in [0, 0.05) is 19.3 Å².